The van der Waals surface area contributed by atoms with Crippen LogP contribution in [0.25, 0.3) is 0 Å². The van der Waals surface area contributed by atoms with Crippen LogP contribution in [-0.4, -0.2) is 49.8 Å². The molecule has 2 heterocycles. The van der Waals surface area contributed by atoms with E-state index in [1.54, 1.807) is 28.1 Å². The average Bonchev–Trinajstić information content (AvgIpc) is 2.95. The Bertz CT molecular complexity index is 994. The Hall–Kier alpha value is -2.57. The first-order chi connectivity index (χ1) is 15.8. The Labute approximate surface area is 196 Å². The summed E-state index contributed by atoms with van der Waals surface area (Å²) in [7, 11) is 3.41. The average molecular weight is 454 g/mol. The fraction of sp³-hybridized carbons (Fsp3) is 0.519. The van der Waals surface area contributed by atoms with Gasteiger partial charge in [-0.1, -0.05) is 12.1 Å². The topological polar surface area (TPSA) is 68.2 Å². The molecule has 2 aliphatic rings. The lowest BCUT2D eigenvalue weighted by Crippen LogP contribution is -2.43. The van der Waals surface area contributed by atoms with Gasteiger partial charge in [-0.25, -0.2) is 0 Å². The Kier molecular flexibility index (Phi) is 6.96. The van der Waals surface area contributed by atoms with Crippen LogP contribution >= 0.6 is 0 Å². The van der Waals surface area contributed by atoms with Gasteiger partial charge in [0.2, 0.25) is 0 Å². The second-order valence-electron chi connectivity index (χ2n) is 9.94. The summed E-state index contributed by atoms with van der Waals surface area (Å²) in [6.07, 6.45) is 2.03. The summed E-state index contributed by atoms with van der Waals surface area (Å²) in [6, 6.07) is 12.7. The number of ether oxygens (including phenoxy) is 3. The molecule has 0 saturated carbocycles. The van der Waals surface area contributed by atoms with Crippen LogP contribution in [0.3, 0.4) is 0 Å². The molecular formula is C27H35NO5. The van der Waals surface area contributed by atoms with Crippen LogP contribution in [0.4, 0.5) is 0 Å². The minimum absolute atomic E-state index is 0.217. The van der Waals surface area contributed by atoms with Crippen molar-refractivity contribution in [2.75, 3.05) is 33.9 Å². The van der Waals surface area contributed by atoms with Gasteiger partial charge in [0.25, 0.3) is 0 Å². The number of carboxylic acid groups (broad SMARTS) is 1. The van der Waals surface area contributed by atoms with Crippen LogP contribution in [-0.2, 0) is 22.7 Å². The molecule has 0 radical (unpaired) electrons. The quantitative estimate of drug-likeness (QED) is 0.656. The van der Waals surface area contributed by atoms with Gasteiger partial charge in [-0.2, -0.15) is 0 Å². The molecule has 6 heteroatoms. The van der Waals surface area contributed by atoms with Gasteiger partial charge < -0.3 is 24.2 Å². The van der Waals surface area contributed by atoms with E-state index in [-0.39, 0.29) is 5.92 Å². The minimum Gasteiger partial charge on any atom is -0.497 e. The molecule has 1 atom stereocenters. The molecule has 0 bridgehead atoms. The zero-order chi connectivity index (χ0) is 23.6. The number of aliphatic carboxylic acids is 1. The van der Waals surface area contributed by atoms with Crippen molar-refractivity contribution in [2.45, 2.75) is 45.8 Å². The van der Waals surface area contributed by atoms with Crippen LogP contribution in [0.5, 0.6) is 11.5 Å². The van der Waals surface area contributed by atoms with E-state index in [1.807, 2.05) is 6.07 Å². The molecule has 0 amide bonds. The van der Waals surface area contributed by atoms with Crippen molar-refractivity contribution in [3.8, 4) is 11.5 Å². The van der Waals surface area contributed by atoms with Gasteiger partial charge in [0.05, 0.1) is 19.1 Å². The molecule has 2 aliphatic heterocycles. The summed E-state index contributed by atoms with van der Waals surface area (Å²) in [6.45, 7) is 7.08. The van der Waals surface area contributed by atoms with Crippen LogP contribution in [0.2, 0.25) is 0 Å². The Balaban J connectivity index is 1.65. The van der Waals surface area contributed by atoms with E-state index in [0.29, 0.717) is 25.7 Å². The van der Waals surface area contributed by atoms with Crippen molar-refractivity contribution in [3.05, 3.63) is 58.7 Å². The number of carbonyl (C=O) groups is 1. The third-order valence-corrected chi connectivity index (χ3v) is 7.09. The van der Waals surface area contributed by atoms with Crippen molar-refractivity contribution in [1.82, 2.24) is 4.90 Å². The fourth-order valence-corrected chi connectivity index (χ4v) is 5.27. The summed E-state index contributed by atoms with van der Waals surface area (Å²) in [5, 5.41) is 9.53. The molecule has 6 nitrogen and oxygen atoms in total. The van der Waals surface area contributed by atoms with Crippen LogP contribution in [0.1, 0.15) is 54.9 Å². The van der Waals surface area contributed by atoms with E-state index in [1.165, 1.54) is 16.7 Å². The smallest absolute Gasteiger partial charge is 0.310 e. The number of piperidine rings is 1. The lowest BCUT2D eigenvalue weighted by atomic mass is 9.74. The Morgan fingerprint density at radius 3 is 2.55 bits per heavy atom. The van der Waals surface area contributed by atoms with Gasteiger partial charge in [-0.05, 0) is 86.7 Å². The molecule has 1 saturated heterocycles. The fourth-order valence-electron chi connectivity index (χ4n) is 5.27. The lowest BCUT2D eigenvalue weighted by molar-refractivity contribution is -0.148. The maximum absolute atomic E-state index is 11.6. The van der Waals surface area contributed by atoms with Gasteiger partial charge in [0.1, 0.15) is 18.1 Å². The number of hydrogen-bond acceptors (Lipinski definition) is 5. The molecule has 1 fully saturated rings. The Morgan fingerprint density at radius 2 is 1.88 bits per heavy atom. The maximum Gasteiger partial charge on any atom is 0.310 e. The molecule has 4 rings (SSSR count). The third kappa shape index (κ3) is 5.02. The Morgan fingerprint density at radius 1 is 1.12 bits per heavy atom. The van der Waals surface area contributed by atoms with E-state index < -0.39 is 11.4 Å². The first kappa shape index (κ1) is 23.6. The van der Waals surface area contributed by atoms with Gasteiger partial charge >= 0.3 is 5.97 Å². The zero-order valence-electron chi connectivity index (χ0n) is 20.1. The van der Waals surface area contributed by atoms with Crippen molar-refractivity contribution in [2.24, 2.45) is 11.3 Å². The number of likely N-dealkylation sites (tertiary alicyclic amines) is 1. The van der Waals surface area contributed by atoms with E-state index in [2.05, 4.69) is 35.2 Å². The summed E-state index contributed by atoms with van der Waals surface area (Å²) in [4.78, 5) is 13.9. The van der Waals surface area contributed by atoms with Crippen LogP contribution in [0, 0.1) is 11.3 Å². The molecule has 0 aliphatic carbocycles. The normalized spacial score (nSPS) is 19.2. The SMILES string of the molecule is COCc1ccc2c(c1)C(C1CCN(CC(C)(C)C(=O)O)CC1)c1ccc(OC)cc1CO2. The summed E-state index contributed by atoms with van der Waals surface area (Å²) >= 11 is 0. The van der Waals surface area contributed by atoms with Crippen LogP contribution in [0.15, 0.2) is 36.4 Å². The van der Waals surface area contributed by atoms with Gasteiger partial charge in [0, 0.05) is 25.1 Å². The van der Waals surface area contributed by atoms with Gasteiger partial charge in [0.15, 0.2) is 0 Å². The van der Waals surface area contributed by atoms with E-state index in [9.17, 15) is 9.90 Å². The molecule has 33 heavy (non-hydrogen) atoms. The van der Waals surface area contributed by atoms with E-state index >= 15 is 0 Å². The number of rotatable bonds is 7. The van der Waals surface area contributed by atoms with Crippen molar-refractivity contribution in [1.29, 1.82) is 0 Å². The predicted molar refractivity (Wildman–Crippen MR) is 127 cm³/mol. The summed E-state index contributed by atoms with van der Waals surface area (Å²) < 4.78 is 17.2. The summed E-state index contributed by atoms with van der Waals surface area (Å²) in [5.74, 6) is 1.69. The lowest BCUT2D eigenvalue weighted by Gasteiger charge is -2.39. The predicted octanol–water partition coefficient (Wildman–Crippen LogP) is 4.69. The van der Waals surface area contributed by atoms with E-state index in [0.717, 1.165) is 43.0 Å². The van der Waals surface area contributed by atoms with Crippen molar-refractivity contribution in [3.63, 3.8) is 0 Å². The molecule has 0 aromatic heterocycles. The molecule has 2 aromatic rings. The largest absolute Gasteiger partial charge is 0.497 e. The minimum atomic E-state index is -0.743. The second-order valence-corrected chi connectivity index (χ2v) is 9.94. The zero-order valence-corrected chi connectivity index (χ0v) is 20.1. The van der Waals surface area contributed by atoms with Crippen molar-refractivity contribution < 1.29 is 24.1 Å². The highest BCUT2D eigenvalue weighted by Gasteiger charge is 2.36. The monoisotopic (exact) mass is 453 g/mol. The highest BCUT2D eigenvalue weighted by Crippen LogP contribution is 2.46. The first-order valence-corrected chi connectivity index (χ1v) is 11.7. The third-order valence-electron chi connectivity index (χ3n) is 7.09. The summed E-state index contributed by atoms with van der Waals surface area (Å²) in [5.41, 5.74) is 4.08. The van der Waals surface area contributed by atoms with E-state index in [4.69, 9.17) is 14.2 Å². The first-order valence-electron chi connectivity index (χ1n) is 11.7. The molecular weight excluding hydrogens is 418 g/mol. The maximum atomic E-state index is 11.6. The highest BCUT2D eigenvalue weighted by atomic mass is 16.5. The van der Waals surface area contributed by atoms with Crippen molar-refractivity contribution >= 4 is 5.97 Å². The molecule has 2 aromatic carbocycles. The van der Waals surface area contributed by atoms with Crippen LogP contribution < -0.4 is 9.47 Å². The highest BCUT2D eigenvalue weighted by molar-refractivity contribution is 5.73. The number of benzene rings is 2. The second kappa shape index (κ2) is 9.74. The molecule has 1 unspecified atom stereocenters. The molecule has 178 valence electrons. The van der Waals surface area contributed by atoms with Gasteiger partial charge in [-0.3, -0.25) is 4.79 Å². The number of hydrogen-bond donors (Lipinski definition) is 1. The number of nitrogens with zero attached hydrogens (tertiary/aromatic N) is 1. The number of methoxy groups -OCH3 is 2. The molecule has 1 N–H and O–H groups in total. The van der Waals surface area contributed by atoms with Gasteiger partial charge in [-0.15, -0.1) is 0 Å². The number of fused-ring (bicyclic) bond motifs is 2. The standard InChI is InChI=1S/C27H35NO5/c1-27(2,26(29)30)17-28-11-9-19(10-12-28)25-22-7-6-21(32-4)14-20(22)16-33-24-8-5-18(15-31-3)13-23(24)25/h5-8,13-14,19,25H,9-12,15-17H2,1-4H3,(H,29,30). The molecule has 0 spiro atoms. The number of carboxylic acids is 1.